The number of nitrogen functional groups attached to an aromatic ring is 1. The Balaban J connectivity index is 2.35. The summed E-state index contributed by atoms with van der Waals surface area (Å²) in [5.41, 5.74) is 13.4. The first-order valence-electron chi connectivity index (χ1n) is 5.85. The number of nitrogens with zero attached hydrogens (tertiary/aromatic N) is 2. The third-order valence-electron chi connectivity index (χ3n) is 2.60. The number of hydrogen-bond donors (Lipinski definition) is 2. The molecule has 0 fully saturated rings. The van der Waals surface area contributed by atoms with Crippen LogP contribution in [0.2, 0.25) is 0 Å². The Labute approximate surface area is 116 Å². The molecular weight excluding hydrogens is 256 g/mol. The number of anilines is 1. The number of esters is 1. The lowest BCUT2D eigenvalue weighted by atomic mass is 10.2. The number of aromatic nitrogens is 1. The van der Waals surface area contributed by atoms with Crippen molar-refractivity contribution in [1.29, 1.82) is 0 Å². The van der Waals surface area contributed by atoms with Crippen LogP contribution in [0.15, 0.2) is 47.6 Å². The summed E-state index contributed by atoms with van der Waals surface area (Å²) in [6.07, 6.45) is 1.58. The van der Waals surface area contributed by atoms with Gasteiger partial charge in [-0.2, -0.15) is 0 Å². The molecule has 6 heteroatoms. The van der Waals surface area contributed by atoms with Crippen molar-refractivity contribution in [3.05, 3.63) is 53.9 Å². The fourth-order valence-electron chi connectivity index (χ4n) is 1.64. The van der Waals surface area contributed by atoms with Gasteiger partial charge in [0.15, 0.2) is 5.84 Å². The van der Waals surface area contributed by atoms with Crippen LogP contribution in [0, 0.1) is 0 Å². The molecule has 1 aromatic heterocycles. The van der Waals surface area contributed by atoms with Crippen molar-refractivity contribution in [1.82, 2.24) is 4.98 Å². The van der Waals surface area contributed by atoms with Crippen LogP contribution in [-0.4, -0.2) is 23.9 Å². The van der Waals surface area contributed by atoms with Gasteiger partial charge in [0, 0.05) is 6.20 Å². The third-order valence-corrected chi connectivity index (χ3v) is 2.60. The Bertz CT molecular complexity index is 668. The van der Waals surface area contributed by atoms with Gasteiger partial charge in [-0.1, -0.05) is 6.07 Å². The smallest absolute Gasteiger partial charge is 0.337 e. The molecule has 0 saturated heterocycles. The highest BCUT2D eigenvalue weighted by molar-refractivity contribution is 6.01. The number of rotatable bonds is 3. The first-order valence-corrected chi connectivity index (χ1v) is 5.85. The van der Waals surface area contributed by atoms with Crippen molar-refractivity contribution in [3.8, 4) is 0 Å². The topological polar surface area (TPSA) is 104 Å². The number of hydrogen-bond acceptors (Lipinski definition) is 5. The molecule has 2 rings (SSSR count). The van der Waals surface area contributed by atoms with Crippen LogP contribution in [-0.2, 0) is 4.74 Å². The Hall–Kier alpha value is -2.89. The minimum Gasteiger partial charge on any atom is -0.465 e. The van der Waals surface area contributed by atoms with Crippen LogP contribution in [0.1, 0.15) is 16.1 Å². The SMILES string of the molecule is COC(=O)c1cccc(N=C(N)c2ncccc2N)c1. The Morgan fingerprint density at radius 3 is 2.80 bits per heavy atom. The van der Waals surface area contributed by atoms with Crippen LogP contribution < -0.4 is 11.5 Å². The first-order chi connectivity index (χ1) is 9.61. The van der Waals surface area contributed by atoms with E-state index in [4.69, 9.17) is 11.5 Å². The minimum absolute atomic E-state index is 0.185. The summed E-state index contributed by atoms with van der Waals surface area (Å²) in [6.45, 7) is 0. The Morgan fingerprint density at radius 2 is 2.10 bits per heavy atom. The van der Waals surface area contributed by atoms with Crippen LogP contribution in [0.25, 0.3) is 0 Å². The number of pyridine rings is 1. The van der Waals surface area contributed by atoms with E-state index in [2.05, 4.69) is 14.7 Å². The third kappa shape index (κ3) is 2.92. The van der Waals surface area contributed by atoms with E-state index >= 15 is 0 Å². The first kappa shape index (κ1) is 13.5. The standard InChI is InChI=1S/C14H14N4O2/c1-20-14(19)9-4-2-5-10(8-9)18-13(16)12-11(15)6-3-7-17-12/h2-8H,15H2,1H3,(H2,16,18). The Kier molecular flexibility index (Phi) is 3.95. The van der Waals surface area contributed by atoms with Crippen molar-refractivity contribution >= 4 is 23.2 Å². The highest BCUT2D eigenvalue weighted by Gasteiger charge is 2.07. The summed E-state index contributed by atoms with van der Waals surface area (Å²) in [5, 5.41) is 0. The van der Waals surface area contributed by atoms with Crippen LogP contribution in [0.4, 0.5) is 11.4 Å². The fraction of sp³-hybridized carbons (Fsp3) is 0.0714. The molecule has 102 valence electrons. The monoisotopic (exact) mass is 270 g/mol. The lowest BCUT2D eigenvalue weighted by Gasteiger charge is -2.04. The maximum Gasteiger partial charge on any atom is 0.337 e. The molecule has 0 aliphatic heterocycles. The molecule has 0 spiro atoms. The molecule has 0 atom stereocenters. The van der Waals surface area contributed by atoms with Gasteiger partial charge in [0.25, 0.3) is 0 Å². The number of aliphatic imine (C=N–C) groups is 1. The lowest BCUT2D eigenvalue weighted by Crippen LogP contribution is -2.16. The number of benzene rings is 1. The second-order valence-corrected chi connectivity index (χ2v) is 3.98. The molecule has 1 aromatic carbocycles. The maximum absolute atomic E-state index is 11.4. The van der Waals surface area contributed by atoms with E-state index < -0.39 is 5.97 Å². The van der Waals surface area contributed by atoms with Gasteiger partial charge in [0.05, 0.1) is 24.0 Å². The van der Waals surface area contributed by atoms with Crippen molar-refractivity contribution in [2.24, 2.45) is 10.7 Å². The minimum atomic E-state index is -0.432. The van der Waals surface area contributed by atoms with Gasteiger partial charge in [-0.3, -0.25) is 4.98 Å². The summed E-state index contributed by atoms with van der Waals surface area (Å²) in [4.78, 5) is 19.7. The second kappa shape index (κ2) is 5.83. The summed E-state index contributed by atoms with van der Waals surface area (Å²) < 4.78 is 4.65. The average molecular weight is 270 g/mol. The summed E-state index contributed by atoms with van der Waals surface area (Å²) >= 11 is 0. The zero-order chi connectivity index (χ0) is 14.5. The molecule has 0 amide bonds. The normalized spacial score (nSPS) is 11.2. The molecule has 2 aromatic rings. The molecule has 0 radical (unpaired) electrons. The predicted molar refractivity (Wildman–Crippen MR) is 76.8 cm³/mol. The highest BCUT2D eigenvalue weighted by atomic mass is 16.5. The van der Waals surface area contributed by atoms with Gasteiger partial charge in [-0.05, 0) is 30.3 Å². The van der Waals surface area contributed by atoms with Crippen molar-refractivity contribution in [2.45, 2.75) is 0 Å². The van der Waals surface area contributed by atoms with Gasteiger partial charge >= 0.3 is 5.97 Å². The summed E-state index contributed by atoms with van der Waals surface area (Å²) in [5.74, 6) is -0.247. The summed E-state index contributed by atoms with van der Waals surface area (Å²) in [6, 6.07) is 10.0. The van der Waals surface area contributed by atoms with E-state index in [1.165, 1.54) is 7.11 Å². The van der Waals surface area contributed by atoms with E-state index in [-0.39, 0.29) is 5.84 Å². The number of methoxy groups -OCH3 is 1. The molecular formula is C14H14N4O2. The fourth-order valence-corrected chi connectivity index (χ4v) is 1.64. The predicted octanol–water partition coefficient (Wildman–Crippen LogP) is 1.49. The van der Waals surface area contributed by atoms with Gasteiger partial charge in [-0.15, -0.1) is 0 Å². The van der Waals surface area contributed by atoms with Crippen molar-refractivity contribution in [2.75, 3.05) is 12.8 Å². The van der Waals surface area contributed by atoms with E-state index in [1.807, 2.05) is 0 Å². The van der Waals surface area contributed by atoms with Crippen molar-refractivity contribution in [3.63, 3.8) is 0 Å². The molecule has 4 N–H and O–H groups in total. The molecule has 0 bridgehead atoms. The molecule has 0 unspecified atom stereocenters. The average Bonchev–Trinajstić information content (AvgIpc) is 2.47. The van der Waals surface area contributed by atoms with Crippen LogP contribution >= 0.6 is 0 Å². The largest absolute Gasteiger partial charge is 0.465 e. The molecule has 0 aliphatic rings. The molecule has 20 heavy (non-hydrogen) atoms. The lowest BCUT2D eigenvalue weighted by molar-refractivity contribution is 0.0601. The number of amidine groups is 1. The second-order valence-electron chi connectivity index (χ2n) is 3.98. The van der Waals surface area contributed by atoms with E-state index in [1.54, 1.807) is 42.6 Å². The quantitative estimate of drug-likeness (QED) is 0.499. The van der Waals surface area contributed by atoms with Gasteiger partial charge in [-0.25, -0.2) is 9.79 Å². The van der Waals surface area contributed by atoms with E-state index in [9.17, 15) is 4.79 Å². The number of carbonyl (C=O) groups is 1. The molecule has 0 aliphatic carbocycles. The van der Waals surface area contributed by atoms with Crippen molar-refractivity contribution < 1.29 is 9.53 Å². The molecule has 1 heterocycles. The van der Waals surface area contributed by atoms with E-state index in [0.29, 0.717) is 22.6 Å². The highest BCUT2D eigenvalue weighted by Crippen LogP contribution is 2.16. The zero-order valence-electron chi connectivity index (χ0n) is 10.9. The number of ether oxygens (including phenoxy) is 1. The molecule has 0 saturated carbocycles. The zero-order valence-corrected chi connectivity index (χ0v) is 10.9. The summed E-state index contributed by atoms with van der Waals surface area (Å²) in [7, 11) is 1.32. The van der Waals surface area contributed by atoms with E-state index in [0.717, 1.165) is 0 Å². The maximum atomic E-state index is 11.4. The molecule has 6 nitrogen and oxygen atoms in total. The Morgan fingerprint density at radius 1 is 1.30 bits per heavy atom. The number of carbonyl (C=O) groups excluding carboxylic acids is 1. The van der Waals surface area contributed by atoms with Gasteiger partial charge < -0.3 is 16.2 Å². The number of nitrogens with two attached hydrogens (primary N) is 2. The van der Waals surface area contributed by atoms with Crippen LogP contribution in [0.3, 0.4) is 0 Å². The van der Waals surface area contributed by atoms with Gasteiger partial charge in [0.1, 0.15) is 5.69 Å². The van der Waals surface area contributed by atoms with Gasteiger partial charge in [0.2, 0.25) is 0 Å². The van der Waals surface area contributed by atoms with Crippen LogP contribution in [0.5, 0.6) is 0 Å².